The molecule has 4 aliphatic rings. The van der Waals surface area contributed by atoms with Gasteiger partial charge < -0.3 is 10.2 Å². The zero-order valence-electron chi connectivity index (χ0n) is 15.6. The minimum atomic E-state index is 0.172. The van der Waals surface area contributed by atoms with Crippen LogP contribution in [0.15, 0.2) is 24.4 Å². The van der Waals surface area contributed by atoms with Gasteiger partial charge in [-0.1, -0.05) is 19.9 Å². The molecule has 3 atom stereocenters. The summed E-state index contributed by atoms with van der Waals surface area (Å²) in [6.45, 7) is 7.59. The molecule has 1 amide bonds. The Morgan fingerprint density at radius 2 is 2.04 bits per heavy atom. The van der Waals surface area contributed by atoms with Gasteiger partial charge in [0.1, 0.15) is 5.82 Å². The second-order valence-electron chi connectivity index (χ2n) is 8.89. The number of nitrogens with zero attached hydrogens (tertiary/aromatic N) is 2. The van der Waals surface area contributed by atoms with Crippen LogP contribution < -0.4 is 10.2 Å². The first-order valence-corrected chi connectivity index (χ1v) is 9.99. The van der Waals surface area contributed by atoms with Gasteiger partial charge in [-0.25, -0.2) is 4.98 Å². The molecule has 4 fully saturated rings. The fraction of sp³-hybridized carbons (Fsp3) is 0.714. The predicted octanol–water partition coefficient (Wildman–Crippen LogP) is 3.49. The van der Waals surface area contributed by atoms with Crippen LogP contribution in [0.25, 0.3) is 0 Å². The summed E-state index contributed by atoms with van der Waals surface area (Å²) in [5.41, 5.74) is 0.502. The van der Waals surface area contributed by atoms with Gasteiger partial charge in [0, 0.05) is 31.7 Å². The van der Waals surface area contributed by atoms with Crippen molar-refractivity contribution >= 4 is 11.7 Å². The van der Waals surface area contributed by atoms with E-state index >= 15 is 0 Å². The number of fused-ring (bicyclic) bond motifs is 2. The topological polar surface area (TPSA) is 45.2 Å². The molecule has 3 aliphatic carbocycles. The average Bonchev–Trinajstić information content (AvgIpc) is 2.67. The molecule has 1 aromatic heterocycles. The van der Waals surface area contributed by atoms with Crippen molar-refractivity contribution in [2.45, 2.75) is 46.0 Å². The SMILES string of the molecule is CC1(C)[C@@H]2CC[C@@H](CNC(=O)C3CCN(c4ccccn4)CC3)[C@@H]1C2. The van der Waals surface area contributed by atoms with Gasteiger partial charge >= 0.3 is 0 Å². The van der Waals surface area contributed by atoms with Crippen molar-refractivity contribution < 1.29 is 4.79 Å². The number of hydrogen-bond donors (Lipinski definition) is 1. The molecule has 0 aromatic carbocycles. The summed E-state index contributed by atoms with van der Waals surface area (Å²) in [4.78, 5) is 19.3. The molecule has 1 N–H and O–H groups in total. The Morgan fingerprint density at radius 3 is 2.68 bits per heavy atom. The van der Waals surface area contributed by atoms with Crippen molar-refractivity contribution in [2.75, 3.05) is 24.5 Å². The van der Waals surface area contributed by atoms with Crippen molar-refractivity contribution in [1.29, 1.82) is 0 Å². The van der Waals surface area contributed by atoms with E-state index in [2.05, 4.69) is 35.1 Å². The third kappa shape index (κ3) is 3.16. The highest BCUT2D eigenvalue weighted by molar-refractivity contribution is 5.79. The molecule has 0 spiro atoms. The standard InChI is InChI=1S/C21H31N3O/c1-21(2)17-7-6-16(18(21)13-17)14-23-20(25)15-8-11-24(12-9-15)19-5-3-4-10-22-19/h3-5,10,15-18H,6-9,11-14H2,1-2H3,(H,23,25)/t16-,17+,18-/m0/s1. The van der Waals surface area contributed by atoms with Crippen LogP contribution in [-0.2, 0) is 4.79 Å². The normalized spacial score (nSPS) is 31.3. The first-order chi connectivity index (χ1) is 12.1. The molecule has 2 heterocycles. The monoisotopic (exact) mass is 341 g/mol. The van der Waals surface area contributed by atoms with Crippen LogP contribution in [0.1, 0.15) is 46.0 Å². The zero-order chi connectivity index (χ0) is 17.4. The lowest BCUT2D eigenvalue weighted by Crippen LogP contribution is -2.55. The highest BCUT2D eigenvalue weighted by Gasteiger charge is 2.53. The maximum absolute atomic E-state index is 12.6. The Morgan fingerprint density at radius 1 is 1.24 bits per heavy atom. The lowest BCUT2D eigenvalue weighted by atomic mass is 9.45. The number of rotatable bonds is 4. The minimum Gasteiger partial charge on any atom is -0.357 e. The molecule has 0 radical (unpaired) electrons. The number of nitrogens with one attached hydrogen (secondary N) is 1. The van der Waals surface area contributed by atoms with Crippen molar-refractivity contribution in [1.82, 2.24) is 10.3 Å². The maximum atomic E-state index is 12.6. The second kappa shape index (κ2) is 6.62. The number of hydrogen-bond acceptors (Lipinski definition) is 3. The van der Waals surface area contributed by atoms with E-state index in [4.69, 9.17) is 0 Å². The number of amides is 1. The third-order valence-electron chi connectivity index (χ3n) is 7.38. The number of carbonyl (C=O) groups is 1. The molecule has 136 valence electrons. The fourth-order valence-corrected chi connectivity index (χ4v) is 5.49. The summed E-state index contributed by atoms with van der Waals surface area (Å²) >= 11 is 0. The molecule has 5 rings (SSSR count). The molecule has 0 unspecified atom stereocenters. The molecule has 25 heavy (non-hydrogen) atoms. The van der Waals surface area contributed by atoms with E-state index < -0.39 is 0 Å². The number of carbonyl (C=O) groups excluding carboxylic acids is 1. The zero-order valence-corrected chi connectivity index (χ0v) is 15.6. The van der Waals surface area contributed by atoms with Crippen LogP contribution in [0.4, 0.5) is 5.82 Å². The summed E-state index contributed by atoms with van der Waals surface area (Å²) < 4.78 is 0. The summed E-state index contributed by atoms with van der Waals surface area (Å²) in [6, 6.07) is 6.02. The van der Waals surface area contributed by atoms with Crippen molar-refractivity contribution in [3.8, 4) is 0 Å². The maximum Gasteiger partial charge on any atom is 0.223 e. The largest absolute Gasteiger partial charge is 0.357 e. The van der Waals surface area contributed by atoms with Gasteiger partial charge in [-0.3, -0.25) is 4.79 Å². The van der Waals surface area contributed by atoms with E-state index in [0.29, 0.717) is 11.3 Å². The first-order valence-electron chi connectivity index (χ1n) is 9.99. The first kappa shape index (κ1) is 16.9. The lowest BCUT2D eigenvalue weighted by molar-refractivity contribution is -0.128. The van der Waals surface area contributed by atoms with Gasteiger partial charge in [-0.2, -0.15) is 0 Å². The summed E-state index contributed by atoms with van der Waals surface area (Å²) in [7, 11) is 0. The highest BCUT2D eigenvalue weighted by atomic mass is 16.1. The smallest absolute Gasteiger partial charge is 0.223 e. The van der Waals surface area contributed by atoms with Crippen LogP contribution in [-0.4, -0.2) is 30.5 Å². The highest BCUT2D eigenvalue weighted by Crippen LogP contribution is 2.61. The minimum absolute atomic E-state index is 0.172. The van der Waals surface area contributed by atoms with E-state index in [9.17, 15) is 4.79 Å². The molecule has 1 aromatic rings. The van der Waals surface area contributed by atoms with Gasteiger partial charge in [0.2, 0.25) is 5.91 Å². The Kier molecular flexibility index (Phi) is 4.47. The average molecular weight is 341 g/mol. The second-order valence-corrected chi connectivity index (χ2v) is 8.89. The van der Waals surface area contributed by atoms with Crippen LogP contribution in [0, 0.1) is 29.1 Å². The summed E-state index contributed by atoms with van der Waals surface area (Å²) in [5, 5.41) is 3.30. The molecular formula is C21H31N3O. The van der Waals surface area contributed by atoms with E-state index in [-0.39, 0.29) is 11.8 Å². The number of anilines is 1. The van der Waals surface area contributed by atoms with Crippen molar-refractivity contribution in [3.05, 3.63) is 24.4 Å². The summed E-state index contributed by atoms with van der Waals surface area (Å²) in [5.74, 6) is 3.92. The predicted molar refractivity (Wildman–Crippen MR) is 100 cm³/mol. The fourth-order valence-electron chi connectivity index (χ4n) is 5.49. The lowest BCUT2D eigenvalue weighted by Gasteiger charge is -2.60. The molecular weight excluding hydrogens is 310 g/mol. The Hall–Kier alpha value is -1.58. The molecule has 1 aliphatic heterocycles. The van der Waals surface area contributed by atoms with E-state index in [1.807, 2.05) is 18.3 Å². The van der Waals surface area contributed by atoms with Gasteiger partial charge in [-0.05, 0) is 67.4 Å². The van der Waals surface area contributed by atoms with Crippen LogP contribution in [0.2, 0.25) is 0 Å². The molecule has 3 saturated carbocycles. The summed E-state index contributed by atoms with van der Waals surface area (Å²) in [6.07, 6.45) is 7.75. The van der Waals surface area contributed by atoms with Crippen molar-refractivity contribution in [2.24, 2.45) is 29.1 Å². The van der Waals surface area contributed by atoms with E-state index in [1.165, 1.54) is 19.3 Å². The Bertz CT molecular complexity index is 605. The van der Waals surface area contributed by atoms with Crippen LogP contribution in [0.5, 0.6) is 0 Å². The van der Waals surface area contributed by atoms with Gasteiger partial charge in [0.05, 0.1) is 0 Å². The van der Waals surface area contributed by atoms with Crippen LogP contribution >= 0.6 is 0 Å². The molecule has 1 saturated heterocycles. The Labute approximate surface area is 151 Å². The molecule has 4 heteroatoms. The third-order valence-corrected chi connectivity index (χ3v) is 7.38. The van der Waals surface area contributed by atoms with Gasteiger partial charge in [-0.15, -0.1) is 0 Å². The van der Waals surface area contributed by atoms with Gasteiger partial charge in [0.25, 0.3) is 0 Å². The molecule has 4 nitrogen and oxygen atoms in total. The molecule has 2 bridgehead atoms. The number of piperidine rings is 1. The van der Waals surface area contributed by atoms with E-state index in [0.717, 1.165) is 50.1 Å². The number of pyridine rings is 1. The van der Waals surface area contributed by atoms with E-state index in [1.54, 1.807) is 0 Å². The van der Waals surface area contributed by atoms with Gasteiger partial charge in [0.15, 0.2) is 0 Å². The number of aromatic nitrogens is 1. The van der Waals surface area contributed by atoms with Crippen molar-refractivity contribution in [3.63, 3.8) is 0 Å². The Balaban J connectivity index is 1.24. The quantitative estimate of drug-likeness (QED) is 0.912. The van der Waals surface area contributed by atoms with Crippen LogP contribution in [0.3, 0.4) is 0 Å².